The van der Waals surface area contributed by atoms with E-state index in [1.807, 2.05) is 0 Å². The molecular formula is C25H25Cl2NO. The zero-order valence-corrected chi connectivity index (χ0v) is 17.8. The molecule has 4 aliphatic carbocycles. The first-order valence-corrected chi connectivity index (χ1v) is 11.3. The summed E-state index contributed by atoms with van der Waals surface area (Å²) in [6.45, 7) is 0. The predicted octanol–water partition coefficient (Wildman–Crippen LogP) is 7.11. The number of carbonyl (C=O) groups excluding carboxylic acids is 1. The summed E-state index contributed by atoms with van der Waals surface area (Å²) in [4.78, 5) is 12.3. The quantitative estimate of drug-likeness (QED) is 0.519. The summed E-state index contributed by atoms with van der Waals surface area (Å²) < 4.78 is 0. The number of hydrogen-bond donors (Lipinski definition) is 1. The smallest absolute Gasteiger partial charge is 0.248 e. The van der Waals surface area contributed by atoms with Gasteiger partial charge in [0.15, 0.2) is 0 Å². The molecular weight excluding hydrogens is 401 g/mol. The van der Waals surface area contributed by atoms with Crippen molar-refractivity contribution in [2.45, 2.75) is 43.9 Å². The fraction of sp³-hybridized carbons (Fsp3) is 0.400. The van der Waals surface area contributed by atoms with Crippen LogP contribution in [0.15, 0.2) is 48.5 Å². The molecule has 0 aromatic heterocycles. The first-order valence-electron chi connectivity index (χ1n) is 10.5. The second-order valence-electron chi connectivity index (χ2n) is 9.26. The highest BCUT2D eigenvalue weighted by molar-refractivity contribution is 6.35. The van der Waals surface area contributed by atoms with Crippen LogP contribution in [0.4, 0.5) is 5.69 Å². The van der Waals surface area contributed by atoms with Crippen LogP contribution in [0.5, 0.6) is 0 Å². The Hall–Kier alpha value is -1.77. The zero-order valence-electron chi connectivity index (χ0n) is 16.3. The van der Waals surface area contributed by atoms with Gasteiger partial charge in [-0.15, -0.1) is 0 Å². The van der Waals surface area contributed by atoms with E-state index in [0.717, 1.165) is 29.0 Å². The minimum atomic E-state index is -0.168. The fourth-order valence-corrected chi connectivity index (χ4v) is 6.83. The van der Waals surface area contributed by atoms with Crippen molar-refractivity contribution in [2.24, 2.45) is 17.8 Å². The van der Waals surface area contributed by atoms with Crippen LogP contribution in [0.2, 0.25) is 10.0 Å². The number of benzene rings is 2. The Balaban J connectivity index is 1.26. The Morgan fingerprint density at radius 2 is 1.55 bits per heavy atom. The monoisotopic (exact) mass is 425 g/mol. The summed E-state index contributed by atoms with van der Waals surface area (Å²) in [5, 5.41) is 4.06. The van der Waals surface area contributed by atoms with E-state index in [1.165, 1.54) is 50.2 Å². The van der Waals surface area contributed by atoms with Crippen molar-refractivity contribution in [1.82, 2.24) is 0 Å². The van der Waals surface area contributed by atoms with Crippen LogP contribution >= 0.6 is 23.2 Å². The van der Waals surface area contributed by atoms with Crippen LogP contribution in [-0.4, -0.2) is 5.91 Å². The number of hydrogen-bond acceptors (Lipinski definition) is 1. The molecule has 0 heterocycles. The van der Waals surface area contributed by atoms with Crippen molar-refractivity contribution >= 4 is 40.9 Å². The third-order valence-electron chi connectivity index (χ3n) is 7.18. The first kappa shape index (κ1) is 19.2. The molecule has 0 unspecified atom stereocenters. The number of nitrogens with one attached hydrogen (secondary N) is 1. The number of halogens is 2. The molecule has 0 spiro atoms. The molecule has 0 saturated heterocycles. The number of carbonyl (C=O) groups is 1. The molecule has 29 heavy (non-hydrogen) atoms. The molecule has 2 nitrogen and oxygen atoms in total. The maximum Gasteiger partial charge on any atom is 0.248 e. The molecule has 0 aliphatic heterocycles. The van der Waals surface area contributed by atoms with Crippen molar-refractivity contribution in [3.8, 4) is 0 Å². The van der Waals surface area contributed by atoms with E-state index in [9.17, 15) is 4.79 Å². The summed E-state index contributed by atoms with van der Waals surface area (Å²) in [7, 11) is 0. The highest BCUT2D eigenvalue weighted by Crippen LogP contribution is 2.60. The lowest BCUT2D eigenvalue weighted by molar-refractivity contribution is -0.111. The molecule has 4 bridgehead atoms. The molecule has 2 aromatic carbocycles. The molecule has 4 heteroatoms. The number of anilines is 1. The van der Waals surface area contributed by atoms with Crippen molar-refractivity contribution in [1.29, 1.82) is 0 Å². The van der Waals surface area contributed by atoms with Crippen molar-refractivity contribution < 1.29 is 4.79 Å². The maximum absolute atomic E-state index is 12.3. The van der Waals surface area contributed by atoms with E-state index >= 15 is 0 Å². The van der Waals surface area contributed by atoms with E-state index in [-0.39, 0.29) is 5.91 Å². The lowest BCUT2D eigenvalue weighted by Gasteiger charge is -2.57. The van der Waals surface area contributed by atoms with Gasteiger partial charge in [-0.2, -0.15) is 0 Å². The summed E-state index contributed by atoms with van der Waals surface area (Å²) in [5.41, 5.74) is 3.46. The summed E-state index contributed by atoms with van der Waals surface area (Å²) in [5.74, 6) is 2.64. The normalized spacial score (nSPS) is 30.1. The minimum Gasteiger partial charge on any atom is -0.323 e. The molecule has 150 valence electrons. The third kappa shape index (κ3) is 3.85. The van der Waals surface area contributed by atoms with Crippen LogP contribution in [-0.2, 0) is 10.2 Å². The van der Waals surface area contributed by atoms with Crippen LogP contribution in [0.3, 0.4) is 0 Å². The Morgan fingerprint density at radius 3 is 2.14 bits per heavy atom. The van der Waals surface area contributed by atoms with E-state index < -0.39 is 0 Å². The van der Waals surface area contributed by atoms with Gasteiger partial charge in [0.2, 0.25) is 5.91 Å². The first-order chi connectivity index (χ1) is 14.0. The molecule has 6 rings (SSSR count). The van der Waals surface area contributed by atoms with Gasteiger partial charge in [0.05, 0.1) is 0 Å². The highest BCUT2D eigenvalue weighted by Gasteiger charge is 2.51. The standard InChI is InChI=1S/C25H25Cl2NO/c26-21-5-1-19(23(27)12-21)2-8-24(29)28-22-6-3-20(4-7-22)25-13-16-9-17(14-25)11-18(10-16)15-25/h1-8,12,16-18H,9-11,13-15H2,(H,28,29)/b8-2+. The SMILES string of the molecule is O=C(/C=C/c1ccc(Cl)cc1Cl)Nc1ccc(C23CC4CC(CC(C4)C2)C3)cc1. The van der Waals surface area contributed by atoms with E-state index in [2.05, 4.69) is 29.6 Å². The number of rotatable bonds is 4. The van der Waals surface area contributed by atoms with Gasteiger partial charge in [0.25, 0.3) is 0 Å². The van der Waals surface area contributed by atoms with E-state index in [1.54, 1.807) is 24.3 Å². The molecule has 4 fully saturated rings. The highest BCUT2D eigenvalue weighted by atomic mass is 35.5. The van der Waals surface area contributed by atoms with Gasteiger partial charge in [0.1, 0.15) is 0 Å². The predicted molar refractivity (Wildman–Crippen MR) is 120 cm³/mol. The van der Waals surface area contributed by atoms with Gasteiger partial charge in [-0.05, 0) is 103 Å². The lowest BCUT2D eigenvalue weighted by Crippen LogP contribution is -2.48. The summed E-state index contributed by atoms with van der Waals surface area (Å²) in [6.07, 6.45) is 11.6. The van der Waals surface area contributed by atoms with Gasteiger partial charge >= 0.3 is 0 Å². The maximum atomic E-state index is 12.3. The van der Waals surface area contributed by atoms with Gasteiger partial charge in [-0.25, -0.2) is 0 Å². The second kappa shape index (κ2) is 7.49. The van der Waals surface area contributed by atoms with Crippen LogP contribution < -0.4 is 5.32 Å². The minimum absolute atomic E-state index is 0.168. The van der Waals surface area contributed by atoms with E-state index in [4.69, 9.17) is 23.2 Å². The van der Waals surface area contributed by atoms with Crippen LogP contribution in [0.1, 0.15) is 49.7 Å². The Labute approximate surface area is 182 Å². The Morgan fingerprint density at radius 1 is 0.931 bits per heavy atom. The topological polar surface area (TPSA) is 29.1 Å². The zero-order chi connectivity index (χ0) is 20.0. The van der Waals surface area contributed by atoms with Crippen molar-refractivity contribution in [2.75, 3.05) is 5.32 Å². The van der Waals surface area contributed by atoms with Gasteiger partial charge in [-0.3, -0.25) is 4.79 Å². The van der Waals surface area contributed by atoms with Crippen LogP contribution in [0, 0.1) is 17.8 Å². The molecule has 0 atom stereocenters. The van der Waals surface area contributed by atoms with E-state index in [0.29, 0.717) is 15.5 Å². The van der Waals surface area contributed by atoms with Crippen LogP contribution in [0.25, 0.3) is 6.08 Å². The molecule has 0 radical (unpaired) electrons. The molecule has 1 amide bonds. The van der Waals surface area contributed by atoms with Gasteiger partial charge in [-0.1, -0.05) is 41.4 Å². The van der Waals surface area contributed by atoms with Crippen molar-refractivity contribution in [3.05, 3.63) is 69.7 Å². The third-order valence-corrected chi connectivity index (χ3v) is 7.74. The Bertz CT molecular complexity index is 928. The fourth-order valence-electron chi connectivity index (χ4n) is 6.36. The average molecular weight is 426 g/mol. The summed E-state index contributed by atoms with van der Waals surface area (Å²) in [6, 6.07) is 13.8. The lowest BCUT2D eigenvalue weighted by atomic mass is 9.48. The Kier molecular flexibility index (Phi) is 4.96. The molecule has 4 aliphatic rings. The molecule has 4 saturated carbocycles. The molecule has 1 N–H and O–H groups in total. The summed E-state index contributed by atoms with van der Waals surface area (Å²) >= 11 is 12.1. The number of amides is 1. The van der Waals surface area contributed by atoms with Crippen molar-refractivity contribution in [3.63, 3.8) is 0 Å². The van der Waals surface area contributed by atoms with Gasteiger partial charge in [0, 0.05) is 21.8 Å². The largest absolute Gasteiger partial charge is 0.323 e. The average Bonchev–Trinajstić information content (AvgIpc) is 2.67. The second-order valence-corrected chi connectivity index (χ2v) is 10.1. The van der Waals surface area contributed by atoms with Gasteiger partial charge < -0.3 is 5.32 Å². The molecule has 2 aromatic rings.